The second kappa shape index (κ2) is 4.22. The molecule has 0 saturated heterocycles. The van der Waals surface area contributed by atoms with Crippen LogP contribution >= 0.6 is 11.3 Å². The molecular weight excluding hydrogens is 222 g/mol. The van der Waals surface area contributed by atoms with Crippen molar-refractivity contribution in [3.63, 3.8) is 0 Å². The van der Waals surface area contributed by atoms with Crippen LogP contribution in [0.5, 0.6) is 0 Å². The Hall–Kier alpha value is -0.690. The number of aromatic nitrogens is 2. The van der Waals surface area contributed by atoms with Crippen molar-refractivity contribution >= 4 is 26.5 Å². The van der Waals surface area contributed by atoms with Crippen LogP contribution in [0, 0.1) is 0 Å². The maximum absolute atomic E-state index is 11.2. The highest BCUT2D eigenvalue weighted by Gasteiger charge is 2.12. The Balaban J connectivity index is 2.79. The van der Waals surface area contributed by atoms with E-state index in [9.17, 15) is 8.42 Å². The average Bonchev–Trinajstić information content (AvgIpc) is 2.52. The molecule has 0 spiro atoms. The Morgan fingerprint density at radius 2 is 2.07 bits per heavy atom. The summed E-state index contributed by atoms with van der Waals surface area (Å²) in [6.45, 7) is 5.55. The zero-order valence-corrected chi connectivity index (χ0v) is 9.94. The summed E-state index contributed by atoms with van der Waals surface area (Å²) in [7, 11) is -3.23. The molecule has 0 saturated carbocycles. The van der Waals surface area contributed by atoms with Gasteiger partial charge in [-0.2, -0.15) is 0 Å². The molecule has 0 fully saturated rings. The van der Waals surface area contributed by atoms with Crippen LogP contribution < -0.4 is 4.72 Å². The SMILES string of the molecule is CCS(=O)(=O)Nc1nnc(C(C)C)s1. The fourth-order valence-electron chi connectivity index (χ4n) is 0.714. The second-order valence-electron chi connectivity index (χ2n) is 3.11. The van der Waals surface area contributed by atoms with Gasteiger partial charge in [-0.05, 0) is 6.92 Å². The Morgan fingerprint density at radius 3 is 2.50 bits per heavy atom. The van der Waals surface area contributed by atoms with Crippen molar-refractivity contribution in [1.82, 2.24) is 10.2 Å². The Bertz CT molecular complexity index is 397. The zero-order valence-electron chi connectivity index (χ0n) is 8.31. The number of nitrogens with one attached hydrogen (secondary N) is 1. The quantitative estimate of drug-likeness (QED) is 0.856. The largest absolute Gasteiger partial charge is 0.257 e. The maximum atomic E-state index is 11.2. The van der Waals surface area contributed by atoms with Crippen molar-refractivity contribution in [2.45, 2.75) is 26.7 Å². The molecule has 0 aliphatic carbocycles. The van der Waals surface area contributed by atoms with E-state index in [2.05, 4.69) is 14.9 Å². The molecule has 1 aromatic rings. The van der Waals surface area contributed by atoms with E-state index < -0.39 is 10.0 Å². The molecule has 7 heteroatoms. The first kappa shape index (κ1) is 11.4. The summed E-state index contributed by atoms with van der Waals surface area (Å²) < 4.78 is 24.7. The van der Waals surface area contributed by atoms with Gasteiger partial charge >= 0.3 is 0 Å². The highest BCUT2D eigenvalue weighted by Crippen LogP contribution is 2.22. The first-order chi connectivity index (χ1) is 6.44. The lowest BCUT2D eigenvalue weighted by atomic mass is 10.2. The van der Waals surface area contributed by atoms with Gasteiger partial charge in [-0.3, -0.25) is 4.72 Å². The topological polar surface area (TPSA) is 72.0 Å². The lowest BCUT2D eigenvalue weighted by Crippen LogP contribution is -2.14. The van der Waals surface area contributed by atoms with Crippen molar-refractivity contribution < 1.29 is 8.42 Å². The van der Waals surface area contributed by atoms with Crippen LogP contribution in [0.15, 0.2) is 0 Å². The van der Waals surface area contributed by atoms with Crippen LogP contribution in [-0.2, 0) is 10.0 Å². The van der Waals surface area contributed by atoms with Crippen molar-refractivity contribution in [1.29, 1.82) is 0 Å². The van der Waals surface area contributed by atoms with Crippen molar-refractivity contribution in [2.75, 3.05) is 10.5 Å². The van der Waals surface area contributed by atoms with E-state index in [0.29, 0.717) is 5.13 Å². The molecule has 1 heterocycles. The van der Waals surface area contributed by atoms with Gasteiger partial charge in [0.2, 0.25) is 15.2 Å². The van der Waals surface area contributed by atoms with Crippen molar-refractivity contribution in [2.24, 2.45) is 0 Å². The molecule has 1 aromatic heterocycles. The van der Waals surface area contributed by atoms with Gasteiger partial charge in [-0.25, -0.2) is 8.42 Å². The second-order valence-corrected chi connectivity index (χ2v) is 6.13. The molecule has 0 unspecified atom stereocenters. The predicted molar refractivity (Wildman–Crippen MR) is 57.1 cm³/mol. The summed E-state index contributed by atoms with van der Waals surface area (Å²) >= 11 is 1.27. The van der Waals surface area contributed by atoms with Crippen LogP contribution in [0.4, 0.5) is 5.13 Å². The monoisotopic (exact) mass is 235 g/mol. The third-order valence-electron chi connectivity index (χ3n) is 1.56. The molecule has 0 aliphatic rings. The number of anilines is 1. The van der Waals surface area contributed by atoms with Gasteiger partial charge < -0.3 is 0 Å². The maximum Gasteiger partial charge on any atom is 0.234 e. The molecule has 1 N–H and O–H groups in total. The number of sulfonamides is 1. The Labute approximate surface area is 87.6 Å². The third kappa shape index (κ3) is 2.91. The molecule has 0 amide bonds. The zero-order chi connectivity index (χ0) is 10.8. The normalized spacial score (nSPS) is 12.0. The summed E-state index contributed by atoms with van der Waals surface area (Å²) in [6, 6.07) is 0. The third-order valence-corrected chi connectivity index (χ3v) is 4.09. The first-order valence-electron chi connectivity index (χ1n) is 4.28. The number of hydrogen-bond acceptors (Lipinski definition) is 5. The molecule has 0 aliphatic heterocycles. The molecule has 5 nitrogen and oxygen atoms in total. The molecular formula is C7H13N3O2S2. The van der Waals surface area contributed by atoms with E-state index >= 15 is 0 Å². The van der Waals surface area contributed by atoms with E-state index in [1.165, 1.54) is 11.3 Å². The Kier molecular flexibility index (Phi) is 3.43. The van der Waals surface area contributed by atoms with Crippen LogP contribution in [0.25, 0.3) is 0 Å². The average molecular weight is 235 g/mol. The van der Waals surface area contributed by atoms with E-state index in [-0.39, 0.29) is 11.7 Å². The van der Waals surface area contributed by atoms with E-state index in [0.717, 1.165) is 5.01 Å². The van der Waals surface area contributed by atoms with Crippen LogP contribution in [0.1, 0.15) is 31.7 Å². The summed E-state index contributed by atoms with van der Waals surface area (Å²) in [5, 5.41) is 8.80. The number of nitrogens with zero attached hydrogens (tertiary/aromatic N) is 2. The van der Waals surface area contributed by atoms with Gasteiger partial charge in [0, 0.05) is 5.92 Å². The van der Waals surface area contributed by atoms with Crippen LogP contribution in [0.3, 0.4) is 0 Å². The molecule has 14 heavy (non-hydrogen) atoms. The van der Waals surface area contributed by atoms with Gasteiger partial charge in [-0.1, -0.05) is 25.2 Å². The smallest absolute Gasteiger partial charge is 0.234 e. The highest BCUT2D eigenvalue weighted by molar-refractivity contribution is 7.92. The lowest BCUT2D eigenvalue weighted by molar-refractivity contribution is 0.602. The van der Waals surface area contributed by atoms with Crippen molar-refractivity contribution in [3.8, 4) is 0 Å². The van der Waals surface area contributed by atoms with Gasteiger partial charge in [0.25, 0.3) is 0 Å². The summed E-state index contributed by atoms with van der Waals surface area (Å²) in [4.78, 5) is 0. The van der Waals surface area contributed by atoms with Crippen LogP contribution in [0.2, 0.25) is 0 Å². The van der Waals surface area contributed by atoms with Crippen LogP contribution in [-0.4, -0.2) is 24.4 Å². The van der Waals surface area contributed by atoms with Crippen molar-refractivity contribution in [3.05, 3.63) is 5.01 Å². The summed E-state index contributed by atoms with van der Waals surface area (Å²) in [5.74, 6) is 0.316. The van der Waals surface area contributed by atoms with E-state index in [1.807, 2.05) is 13.8 Å². The minimum absolute atomic E-state index is 0.0452. The minimum atomic E-state index is -3.23. The molecule has 80 valence electrons. The fraction of sp³-hybridized carbons (Fsp3) is 0.714. The summed E-state index contributed by atoms with van der Waals surface area (Å²) in [5.41, 5.74) is 0. The number of rotatable bonds is 4. The van der Waals surface area contributed by atoms with Gasteiger partial charge in [0.1, 0.15) is 5.01 Å². The van der Waals surface area contributed by atoms with E-state index in [4.69, 9.17) is 0 Å². The summed E-state index contributed by atoms with van der Waals surface area (Å²) in [6.07, 6.45) is 0. The molecule has 0 bridgehead atoms. The molecule has 0 atom stereocenters. The highest BCUT2D eigenvalue weighted by atomic mass is 32.2. The molecule has 1 rings (SSSR count). The van der Waals surface area contributed by atoms with Gasteiger partial charge in [0.15, 0.2) is 0 Å². The fourth-order valence-corrected chi connectivity index (χ4v) is 2.31. The number of hydrogen-bond donors (Lipinski definition) is 1. The van der Waals surface area contributed by atoms with E-state index in [1.54, 1.807) is 6.92 Å². The predicted octanol–water partition coefficient (Wildman–Crippen LogP) is 1.42. The molecule has 0 aromatic carbocycles. The standard InChI is InChI=1S/C7H13N3O2S2/c1-4-14(11,12)10-7-9-8-6(13-7)5(2)3/h5H,4H2,1-3H3,(H,9,10). The lowest BCUT2D eigenvalue weighted by Gasteiger charge is -1.99. The Morgan fingerprint density at radius 1 is 1.43 bits per heavy atom. The van der Waals surface area contributed by atoms with Gasteiger partial charge in [0.05, 0.1) is 5.75 Å². The minimum Gasteiger partial charge on any atom is -0.257 e. The van der Waals surface area contributed by atoms with Gasteiger partial charge in [-0.15, -0.1) is 10.2 Å². The first-order valence-corrected chi connectivity index (χ1v) is 6.75. The molecule has 0 radical (unpaired) electrons.